The lowest BCUT2D eigenvalue weighted by molar-refractivity contribution is -0.123. The second kappa shape index (κ2) is 6.57. The van der Waals surface area contributed by atoms with E-state index >= 15 is 0 Å². The molecule has 0 atom stereocenters. The third-order valence-electron chi connectivity index (χ3n) is 3.37. The number of hydrogen-bond donors (Lipinski definition) is 1. The number of nitrogens with two attached hydrogens (primary N) is 1. The molecule has 1 aromatic rings. The van der Waals surface area contributed by atoms with Gasteiger partial charge in [0.1, 0.15) is 10.8 Å². The summed E-state index contributed by atoms with van der Waals surface area (Å²) in [5, 5.41) is -0.115. The lowest BCUT2D eigenvalue weighted by Gasteiger charge is -2.30. The second-order valence-electron chi connectivity index (χ2n) is 4.66. The van der Waals surface area contributed by atoms with Crippen LogP contribution in [0.4, 0.5) is 0 Å². The highest BCUT2D eigenvalue weighted by molar-refractivity contribution is 6.52. The number of piperidine rings is 1. The summed E-state index contributed by atoms with van der Waals surface area (Å²) >= 11 is 23.6. The van der Waals surface area contributed by atoms with E-state index in [9.17, 15) is 9.59 Å². The van der Waals surface area contributed by atoms with E-state index < -0.39 is 5.91 Å². The van der Waals surface area contributed by atoms with Crippen molar-refractivity contribution in [2.75, 3.05) is 13.1 Å². The number of likely N-dealkylation sites (tertiary alicyclic amines) is 1. The van der Waals surface area contributed by atoms with E-state index in [-0.39, 0.29) is 37.7 Å². The minimum absolute atomic E-state index is 0.00583. The van der Waals surface area contributed by atoms with Crippen LogP contribution >= 0.6 is 46.4 Å². The van der Waals surface area contributed by atoms with E-state index in [1.165, 1.54) is 4.90 Å². The van der Waals surface area contributed by atoms with Gasteiger partial charge in [-0.05, 0) is 12.8 Å². The van der Waals surface area contributed by atoms with Crippen LogP contribution in [0, 0.1) is 5.92 Å². The van der Waals surface area contributed by atoms with Crippen molar-refractivity contribution < 1.29 is 9.59 Å². The molecule has 9 heteroatoms. The number of nitrogens with zero attached hydrogens (tertiary/aromatic N) is 2. The molecule has 0 radical (unpaired) electrons. The fourth-order valence-corrected chi connectivity index (χ4v) is 2.95. The van der Waals surface area contributed by atoms with Crippen LogP contribution in [0.1, 0.15) is 23.3 Å². The maximum absolute atomic E-state index is 12.4. The first-order valence-electron chi connectivity index (χ1n) is 6.11. The molecule has 2 N–H and O–H groups in total. The first-order chi connectivity index (χ1) is 9.82. The topological polar surface area (TPSA) is 76.3 Å². The van der Waals surface area contributed by atoms with E-state index in [1.54, 1.807) is 0 Å². The molecule has 5 nitrogen and oxygen atoms in total. The molecule has 1 fully saturated rings. The van der Waals surface area contributed by atoms with Gasteiger partial charge in [-0.1, -0.05) is 46.4 Å². The molecule has 0 bridgehead atoms. The molecule has 1 saturated heterocycles. The van der Waals surface area contributed by atoms with Crippen molar-refractivity contribution in [3.8, 4) is 0 Å². The van der Waals surface area contributed by atoms with E-state index in [1.807, 2.05) is 0 Å². The van der Waals surface area contributed by atoms with Gasteiger partial charge < -0.3 is 10.6 Å². The fraction of sp³-hybridized carbons (Fsp3) is 0.417. The van der Waals surface area contributed by atoms with Gasteiger partial charge in [0.2, 0.25) is 5.91 Å². The first kappa shape index (κ1) is 16.6. The number of hydrogen-bond acceptors (Lipinski definition) is 3. The maximum Gasteiger partial charge on any atom is 0.274 e. The lowest BCUT2D eigenvalue weighted by Crippen LogP contribution is -2.42. The molecule has 1 aromatic heterocycles. The summed E-state index contributed by atoms with van der Waals surface area (Å²) in [7, 11) is 0. The van der Waals surface area contributed by atoms with E-state index in [2.05, 4.69) is 4.98 Å². The SMILES string of the molecule is NC(=O)C1CCN(C(=O)c2nc(Cl)c(Cl)c(Cl)c2Cl)CC1. The summed E-state index contributed by atoms with van der Waals surface area (Å²) in [6.07, 6.45) is 1.02. The van der Waals surface area contributed by atoms with Gasteiger partial charge in [-0.25, -0.2) is 4.98 Å². The fourth-order valence-electron chi connectivity index (χ4n) is 2.15. The van der Waals surface area contributed by atoms with Crippen molar-refractivity contribution in [2.24, 2.45) is 11.7 Å². The molecule has 2 rings (SSSR count). The number of primary amides is 1. The van der Waals surface area contributed by atoms with E-state index in [0.29, 0.717) is 25.9 Å². The highest BCUT2D eigenvalue weighted by Gasteiger charge is 2.29. The van der Waals surface area contributed by atoms with Gasteiger partial charge in [-0.15, -0.1) is 0 Å². The zero-order valence-electron chi connectivity index (χ0n) is 10.7. The average molecular weight is 371 g/mol. The molecular formula is C12H11Cl4N3O2. The monoisotopic (exact) mass is 369 g/mol. The van der Waals surface area contributed by atoms with Crippen LogP contribution in [0.15, 0.2) is 0 Å². The van der Waals surface area contributed by atoms with Crippen LogP contribution in [0.25, 0.3) is 0 Å². The highest BCUT2D eigenvalue weighted by atomic mass is 35.5. The molecule has 0 unspecified atom stereocenters. The number of rotatable bonds is 2. The van der Waals surface area contributed by atoms with Crippen LogP contribution in [0.3, 0.4) is 0 Å². The zero-order chi connectivity index (χ0) is 15.7. The summed E-state index contributed by atoms with van der Waals surface area (Å²) in [5.41, 5.74) is 5.21. The third-order valence-corrected chi connectivity index (χ3v) is 5.05. The summed E-state index contributed by atoms with van der Waals surface area (Å²) in [5.74, 6) is -0.964. The number of aromatic nitrogens is 1. The normalized spacial score (nSPS) is 16.1. The van der Waals surface area contributed by atoms with Crippen molar-refractivity contribution in [1.29, 1.82) is 0 Å². The molecule has 0 aromatic carbocycles. The predicted molar refractivity (Wildman–Crippen MR) is 82.1 cm³/mol. The van der Waals surface area contributed by atoms with E-state index in [4.69, 9.17) is 52.1 Å². The Balaban J connectivity index is 2.20. The predicted octanol–water partition coefficient (Wildman–Crippen LogP) is 3.03. The quantitative estimate of drug-likeness (QED) is 0.813. The first-order valence-corrected chi connectivity index (χ1v) is 7.62. The van der Waals surface area contributed by atoms with Crippen molar-refractivity contribution >= 4 is 58.2 Å². The van der Waals surface area contributed by atoms with Gasteiger partial charge >= 0.3 is 0 Å². The average Bonchev–Trinajstić information content (AvgIpc) is 2.48. The molecule has 1 aliphatic heterocycles. The standard InChI is InChI=1S/C12H11Cl4N3O2/c13-6-7(14)9(18-10(16)8(6)15)12(21)19-3-1-5(2-4-19)11(17)20/h5H,1-4H2,(H2,17,20). The molecule has 2 amide bonds. The Kier molecular flexibility index (Phi) is 5.20. The zero-order valence-corrected chi connectivity index (χ0v) is 13.7. The van der Waals surface area contributed by atoms with Crippen LogP contribution in [-0.4, -0.2) is 34.8 Å². The van der Waals surface area contributed by atoms with Crippen LogP contribution < -0.4 is 5.73 Å². The molecule has 114 valence electrons. The van der Waals surface area contributed by atoms with Crippen molar-refractivity contribution in [2.45, 2.75) is 12.8 Å². The highest BCUT2D eigenvalue weighted by Crippen LogP contribution is 2.36. The van der Waals surface area contributed by atoms with Gasteiger partial charge in [-0.2, -0.15) is 0 Å². The van der Waals surface area contributed by atoms with Gasteiger partial charge in [0.15, 0.2) is 0 Å². The number of carbonyl (C=O) groups excluding carboxylic acids is 2. The van der Waals surface area contributed by atoms with Crippen molar-refractivity contribution in [1.82, 2.24) is 9.88 Å². The Morgan fingerprint density at radius 1 is 1.05 bits per heavy atom. The van der Waals surface area contributed by atoms with Gasteiger partial charge in [-0.3, -0.25) is 9.59 Å². The summed E-state index contributed by atoms with van der Waals surface area (Å²) in [6.45, 7) is 0.782. The lowest BCUT2D eigenvalue weighted by atomic mass is 9.96. The molecule has 0 aliphatic carbocycles. The van der Waals surface area contributed by atoms with Gasteiger partial charge in [0.05, 0.1) is 15.1 Å². The maximum atomic E-state index is 12.4. The largest absolute Gasteiger partial charge is 0.369 e. The number of pyridine rings is 1. The third kappa shape index (κ3) is 3.37. The van der Waals surface area contributed by atoms with Crippen LogP contribution in [0.2, 0.25) is 20.2 Å². The summed E-state index contributed by atoms with van der Waals surface area (Å²) in [6, 6.07) is 0. The second-order valence-corrected chi connectivity index (χ2v) is 6.15. The summed E-state index contributed by atoms with van der Waals surface area (Å²) in [4.78, 5) is 29.0. The Morgan fingerprint density at radius 2 is 1.62 bits per heavy atom. The molecule has 21 heavy (non-hydrogen) atoms. The van der Waals surface area contributed by atoms with Crippen molar-refractivity contribution in [3.63, 3.8) is 0 Å². The number of carbonyl (C=O) groups is 2. The minimum Gasteiger partial charge on any atom is -0.369 e. The van der Waals surface area contributed by atoms with Crippen molar-refractivity contribution in [3.05, 3.63) is 25.9 Å². The smallest absolute Gasteiger partial charge is 0.274 e. The van der Waals surface area contributed by atoms with Gasteiger partial charge in [0, 0.05) is 19.0 Å². The molecular weight excluding hydrogens is 360 g/mol. The van der Waals surface area contributed by atoms with Crippen LogP contribution in [-0.2, 0) is 4.79 Å². The molecule has 0 spiro atoms. The Labute approximate surface area is 141 Å². The Morgan fingerprint density at radius 3 is 2.14 bits per heavy atom. The minimum atomic E-state index is -0.400. The molecule has 0 saturated carbocycles. The van der Waals surface area contributed by atoms with E-state index in [0.717, 1.165) is 0 Å². The molecule has 1 aliphatic rings. The summed E-state index contributed by atoms with van der Waals surface area (Å²) < 4.78 is 0. The van der Waals surface area contributed by atoms with Gasteiger partial charge in [0.25, 0.3) is 5.91 Å². The van der Waals surface area contributed by atoms with Crippen LogP contribution in [0.5, 0.6) is 0 Å². The Hall–Kier alpha value is -0.750. The number of amides is 2. The number of halogens is 4. The molecule has 2 heterocycles. The Bertz CT molecular complexity index is 601.